The van der Waals surface area contributed by atoms with E-state index in [0.717, 1.165) is 23.9 Å². The maximum atomic E-state index is 12.5. The van der Waals surface area contributed by atoms with E-state index in [1.165, 1.54) is 0 Å². The lowest BCUT2D eigenvalue weighted by Crippen LogP contribution is -2.21. The fraction of sp³-hybridized carbons (Fsp3) is 0.429. The molecule has 0 bridgehead atoms. The first-order valence-electron chi connectivity index (χ1n) is 6.61. The van der Waals surface area contributed by atoms with Crippen molar-refractivity contribution in [3.8, 4) is 5.75 Å². The molecule has 0 aliphatic heterocycles. The molecule has 24 heavy (non-hydrogen) atoms. The monoisotopic (exact) mass is 404 g/mol. The summed E-state index contributed by atoms with van der Waals surface area (Å²) in [6, 6.07) is 2.40. The molecule has 0 aliphatic rings. The highest BCUT2D eigenvalue weighted by Gasteiger charge is 2.31. The average Bonchev–Trinajstić information content (AvgIpc) is 2.48. The molecule has 1 aromatic carbocycles. The molecule has 1 atom stereocenters. The van der Waals surface area contributed by atoms with Gasteiger partial charge in [0, 0.05) is 5.75 Å². The molecule has 10 heteroatoms. The van der Waals surface area contributed by atoms with Crippen molar-refractivity contribution in [1.29, 1.82) is 0 Å². The van der Waals surface area contributed by atoms with Gasteiger partial charge in [0.05, 0.1) is 22.9 Å². The molecule has 0 radical (unpaired) electrons. The molecule has 134 valence electrons. The Bertz CT molecular complexity index is 596. The number of hydrogen-bond donors (Lipinski definition) is 0. The predicted octanol–water partition coefficient (Wildman–Crippen LogP) is 4.17. The lowest BCUT2D eigenvalue weighted by Gasteiger charge is -2.11. The lowest BCUT2D eigenvalue weighted by atomic mass is 10.2. The summed E-state index contributed by atoms with van der Waals surface area (Å²) in [4.78, 5) is 22.9. The molecular weight excluding hydrogens is 392 g/mol. The van der Waals surface area contributed by atoms with Gasteiger partial charge in [-0.2, -0.15) is 13.2 Å². The van der Waals surface area contributed by atoms with Gasteiger partial charge in [0.25, 0.3) is 0 Å². The molecule has 4 nitrogen and oxygen atoms in total. The number of ether oxygens (including phenoxy) is 2. The third-order valence-electron chi connectivity index (χ3n) is 2.51. The molecule has 1 rings (SSSR count). The third-order valence-corrected chi connectivity index (χ3v) is 4.33. The molecule has 0 saturated carbocycles. The zero-order valence-electron chi connectivity index (χ0n) is 12.4. The van der Waals surface area contributed by atoms with Crippen LogP contribution in [0.1, 0.15) is 12.5 Å². The van der Waals surface area contributed by atoms with Crippen molar-refractivity contribution >= 4 is 46.9 Å². The van der Waals surface area contributed by atoms with E-state index in [2.05, 4.69) is 0 Å². The number of esters is 2. The molecule has 0 spiro atoms. The number of thioether (sulfide) groups is 1. The number of carbonyl (C=O) groups is 2. The molecule has 0 aromatic heterocycles. The second kappa shape index (κ2) is 9.39. The zero-order valence-corrected chi connectivity index (χ0v) is 14.7. The van der Waals surface area contributed by atoms with Gasteiger partial charge in [-0.05, 0) is 25.1 Å². The fourth-order valence-corrected chi connectivity index (χ4v) is 2.69. The van der Waals surface area contributed by atoms with E-state index >= 15 is 0 Å². The molecule has 1 aromatic rings. The molecule has 0 saturated heterocycles. The van der Waals surface area contributed by atoms with E-state index in [4.69, 9.17) is 32.7 Å². The van der Waals surface area contributed by atoms with Gasteiger partial charge in [-0.25, -0.2) is 0 Å². The Labute approximate surface area is 150 Å². The van der Waals surface area contributed by atoms with Crippen LogP contribution >= 0.6 is 35.0 Å². The molecule has 0 heterocycles. The van der Waals surface area contributed by atoms with Crippen molar-refractivity contribution in [3.05, 3.63) is 28.8 Å². The first kappa shape index (κ1) is 20.9. The minimum atomic E-state index is -4.54. The van der Waals surface area contributed by atoms with E-state index in [-0.39, 0.29) is 28.9 Å². The fourth-order valence-electron chi connectivity index (χ4n) is 1.46. The Morgan fingerprint density at radius 2 is 2.00 bits per heavy atom. The van der Waals surface area contributed by atoms with Crippen LogP contribution in [0.15, 0.2) is 18.2 Å². The number of carbonyl (C=O) groups excluding carboxylic acids is 2. The van der Waals surface area contributed by atoms with Crippen LogP contribution in [0.25, 0.3) is 0 Å². The maximum absolute atomic E-state index is 12.5. The summed E-state index contributed by atoms with van der Waals surface area (Å²) < 4.78 is 47.1. The highest BCUT2D eigenvalue weighted by molar-refractivity contribution is 8.00. The second-order valence-electron chi connectivity index (χ2n) is 4.35. The Balaban J connectivity index is 2.50. The van der Waals surface area contributed by atoms with Crippen molar-refractivity contribution in [3.63, 3.8) is 0 Å². The number of hydrogen-bond acceptors (Lipinski definition) is 5. The standard InChI is InChI=1S/C14H13Cl2F3O4S/c1-2-22-13(21)10(16)6-24-7-12(20)23-11-4-3-8(5-9(11)15)14(17,18)19/h3-5,10H,2,6-7H2,1H3. The Morgan fingerprint density at radius 1 is 1.33 bits per heavy atom. The van der Waals surface area contributed by atoms with Crippen LogP contribution in [-0.2, 0) is 20.5 Å². The Kier molecular flexibility index (Phi) is 8.18. The number of benzene rings is 1. The number of halogens is 5. The van der Waals surface area contributed by atoms with Crippen molar-refractivity contribution in [2.24, 2.45) is 0 Å². The van der Waals surface area contributed by atoms with Crippen LogP contribution in [-0.4, -0.2) is 35.4 Å². The van der Waals surface area contributed by atoms with E-state index < -0.39 is 29.1 Å². The van der Waals surface area contributed by atoms with Crippen molar-refractivity contribution in [1.82, 2.24) is 0 Å². The minimum Gasteiger partial charge on any atom is -0.465 e. The van der Waals surface area contributed by atoms with Gasteiger partial charge in [0.1, 0.15) is 11.1 Å². The summed E-state index contributed by atoms with van der Waals surface area (Å²) in [6.07, 6.45) is -4.54. The molecule has 0 aliphatic carbocycles. The molecule has 0 fully saturated rings. The van der Waals surface area contributed by atoms with Crippen LogP contribution in [0.2, 0.25) is 5.02 Å². The van der Waals surface area contributed by atoms with Crippen LogP contribution < -0.4 is 4.74 Å². The smallest absolute Gasteiger partial charge is 0.416 e. The summed E-state index contributed by atoms with van der Waals surface area (Å²) in [6.45, 7) is 1.83. The van der Waals surface area contributed by atoms with Crippen LogP contribution in [0.3, 0.4) is 0 Å². The first-order valence-corrected chi connectivity index (χ1v) is 8.58. The zero-order chi connectivity index (χ0) is 18.3. The quantitative estimate of drug-likeness (QED) is 0.387. The molecule has 0 N–H and O–H groups in total. The third kappa shape index (κ3) is 6.78. The van der Waals surface area contributed by atoms with Gasteiger partial charge in [0.2, 0.25) is 0 Å². The summed E-state index contributed by atoms with van der Waals surface area (Å²) in [5.41, 5.74) is -0.943. The van der Waals surface area contributed by atoms with Gasteiger partial charge < -0.3 is 9.47 Å². The van der Waals surface area contributed by atoms with Gasteiger partial charge in [-0.1, -0.05) is 11.6 Å². The van der Waals surface area contributed by atoms with Crippen molar-refractivity contribution in [2.45, 2.75) is 18.5 Å². The normalized spacial score (nSPS) is 12.6. The topological polar surface area (TPSA) is 52.6 Å². The molecule has 1 unspecified atom stereocenters. The second-order valence-corrected chi connectivity index (χ2v) is 6.32. The Hall–Kier alpha value is -1.12. The summed E-state index contributed by atoms with van der Waals surface area (Å²) >= 11 is 12.5. The largest absolute Gasteiger partial charge is 0.465 e. The predicted molar refractivity (Wildman–Crippen MR) is 85.7 cm³/mol. The molecule has 0 amide bonds. The van der Waals surface area contributed by atoms with Crippen LogP contribution in [0, 0.1) is 0 Å². The SMILES string of the molecule is CCOC(=O)C(Cl)CSCC(=O)Oc1ccc(C(F)(F)F)cc1Cl. The highest BCUT2D eigenvalue weighted by Crippen LogP contribution is 2.34. The number of rotatable bonds is 7. The maximum Gasteiger partial charge on any atom is 0.416 e. The van der Waals surface area contributed by atoms with E-state index in [1.54, 1.807) is 6.92 Å². The van der Waals surface area contributed by atoms with E-state index in [0.29, 0.717) is 6.07 Å². The van der Waals surface area contributed by atoms with Crippen LogP contribution in [0.4, 0.5) is 13.2 Å². The van der Waals surface area contributed by atoms with Crippen LogP contribution in [0.5, 0.6) is 5.75 Å². The average molecular weight is 405 g/mol. The van der Waals surface area contributed by atoms with Gasteiger partial charge >= 0.3 is 18.1 Å². The van der Waals surface area contributed by atoms with E-state index in [9.17, 15) is 22.8 Å². The molecular formula is C14H13Cl2F3O4S. The van der Waals surface area contributed by atoms with Gasteiger partial charge in [-0.3, -0.25) is 9.59 Å². The minimum absolute atomic E-state index is 0.121. The van der Waals surface area contributed by atoms with Crippen molar-refractivity contribution < 1.29 is 32.2 Å². The Morgan fingerprint density at radius 3 is 2.54 bits per heavy atom. The van der Waals surface area contributed by atoms with Gasteiger partial charge in [-0.15, -0.1) is 23.4 Å². The first-order chi connectivity index (χ1) is 11.1. The van der Waals surface area contributed by atoms with Crippen molar-refractivity contribution in [2.75, 3.05) is 18.1 Å². The number of alkyl halides is 4. The summed E-state index contributed by atoms with van der Waals surface area (Å²) in [7, 11) is 0. The summed E-state index contributed by atoms with van der Waals surface area (Å²) in [5.74, 6) is -1.53. The van der Waals surface area contributed by atoms with E-state index in [1.807, 2.05) is 0 Å². The highest BCUT2D eigenvalue weighted by atomic mass is 35.5. The summed E-state index contributed by atoms with van der Waals surface area (Å²) in [5, 5.41) is -1.23. The van der Waals surface area contributed by atoms with Gasteiger partial charge in [0.15, 0.2) is 0 Å². The lowest BCUT2D eigenvalue weighted by molar-refractivity contribution is -0.142.